The van der Waals surface area contributed by atoms with Gasteiger partial charge in [-0.25, -0.2) is 4.79 Å². The number of aromatic carboxylic acids is 1. The van der Waals surface area contributed by atoms with Crippen molar-refractivity contribution in [2.75, 3.05) is 11.9 Å². The molecule has 19 heavy (non-hydrogen) atoms. The first-order chi connectivity index (χ1) is 9.08. The number of benzene rings is 1. The number of anilines is 1. The Morgan fingerprint density at radius 2 is 2.16 bits per heavy atom. The molecule has 1 saturated heterocycles. The van der Waals surface area contributed by atoms with Gasteiger partial charge in [-0.3, -0.25) is 4.79 Å². The third-order valence-corrected chi connectivity index (χ3v) is 3.27. The number of carbonyl (C=O) groups excluding carboxylic acids is 1. The maximum atomic E-state index is 12.0. The van der Waals surface area contributed by atoms with Crippen LogP contribution in [0.15, 0.2) is 18.2 Å². The van der Waals surface area contributed by atoms with Gasteiger partial charge in [-0.1, -0.05) is 11.6 Å². The van der Waals surface area contributed by atoms with Crippen LogP contribution in [0.5, 0.6) is 0 Å². The topological polar surface area (TPSA) is 75.6 Å². The molecule has 0 aromatic heterocycles. The van der Waals surface area contributed by atoms with Crippen molar-refractivity contribution in [2.24, 2.45) is 0 Å². The van der Waals surface area contributed by atoms with E-state index in [0.29, 0.717) is 23.7 Å². The summed E-state index contributed by atoms with van der Waals surface area (Å²) in [6.45, 7) is 0.570. The molecule has 2 rings (SSSR count). The predicted octanol–water partition coefficient (Wildman–Crippen LogP) is 2.55. The van der Waals surface area contributed by atoms with Crippen LogP contribution in [0.2, 0.25) is 5.02 Å². The third kappa shape index (κ3) is 3.45. The van der Waals surface area contributed by atoms with Crippen LogP contribution in [0.25, 0.3) is 0 Å². The number of nitrogens with one attached hydrogen (secondary N) is 1. The SMILES string of the molecule is O=C(O)c1ccc(Cl)c(NC(=O)C2CCCCO2)c1. The van der Waals surface area contributed by atoms with Crippen LogP contribution in [0.1, 0.15) is 29.6 Å². The van der Waals surface area contributed by atoms with E-state index in [1.165, 1.54) is 18.2 Å². The highest BCUT2D eigenvalue weighted by atomic mass is 35.5. The first kappa shape index (κ1) is 13.8. The fourth-order valence-corrected chi connectivity index (χ4v) is 2.08. The van der Waals surface area contributed by atoms with Crippen molar-refractivity contribution >= 4 is 29.2 Å². The number of rotatable bonds is 3. The van der Waals surface area contributed by atoms with Gasteiger partial charge in [0.2, 0.25) is 0 Å². The van der Waals surface area contributed by atoms with Gasteiger partial charge in [0.25, 0.3) is 5.91 Å². The molecule has 0 aliphatic carbocycles. The van der Waals surface area contributed by atoms with Gasteiger partial charge in [0, 0.05) is 6.61 Å². The maximum absolute atomic E-state index is 12.0. The molecule has 102 valence electrons. The highest BCUT2D eigenvalue weighted by Crippen LogP contribution is 2.24. The number of carboxylic acids is 1. The lowest BCUT2D eigenvalue weighted by molar-refractivity contribution is -0.129. The van der Waals surface area contributed by atoms with Crippen LogP contribution < -0.4 is 5.32 Å². The van der Waals surface area contributed by atoms with Crippen molar-refractivity contribution in [3.05, 3.63) is 28.8 Å². The second kappa shape index (κ2) is 6.04. The number of hydrogen-bond donors (Lipinski definition) is 2. The Bertz CT molecular complexity index is 497. The second-order valence-corrected chi connectivity index (χ2v) is 4.75. The Morgan fingerprint density at radius 1 is 1.37 bits per heavy atom. The lowest BCUT2D eigenvalue weighted by atomic mass is 10.1. The molecular formula is C13H14ClNO4. The van der Waals surface area contributed by atoms with Gasteiger partial charge >= 0.3 is 5.97 Å². The van der Waals surface area contributed by atoms with Crippen molar-refractivity contribution in [3.63, 3.8) is 0 Å². The third-order valence-electron chi connectivity index (χ3n) is 2.94. The van der Waals surface area contributed by atoms with Crippen molar-refractivity contribution < 1.29 is 19.4 Å². The molecule has 1 heterocycles. The second-order valence-electron chi connectivity index (χ2n) is 4.34. The van der Waals surface area contributed by atoms with E-state index in [2.05, 4.69) is 5.32 Å². The molecule has 1 aromatic carbocycles. The molecule has 1 amide bonds. The van der Waals surface area contributed by atoms with E-state index < -0.39 is 12.1 Å². The first-order valence-corrected chi connectivity index (χ1v) is 6.41. The van der Waals surface area contributed by atoms with Crippen molar-refractivity contribution in [3.8, 4) is 0 Å². The Labute approximate surface area is 115 Å². The van der Waals surface area contributed by atoms with E-state index in [1.54, 1.807) is 0 Å². The van der Waals surface area contributed by atoms with Crippen LogP contribution >= 0.6 is 11.6 Å². The molecule has 1 aromatic rings. The Hall–Kier alpha value is -1.59. The number of amides is 1. The zero-order valence-electron chi connectivity index (χ0n) is 10.2. The van der Waals surface area contributed by atoms with Gasteiger partial charge in [-0.05, 0) is 37.5 Å². The number of hydrogen-bond acceptors (Lipinski definition) is 3. The fraction of sp³-hybridized carbons (Fsp3) is 0.385. The molecule has 0 radical (unpaired) electrons. The zero-order valence-corrected chi connectivity index (χ0v) is 10.9. The molecule has 1 fully saturated rings. The molecule has 1 aliphatic heterocycles. The quantitative estimate of drug-likeness (QED) is 0.894. The minimum absolute atomic E-state index is 0.0734. The van der Waals surface area contributed by atoms with Gasteiger partial charge in [-0.15, -0.1) is 0 Å². The van der Waals surface area contributed by atoms with Gasteiger partial charge in [0.05, 0.1) is 16.3 Å². The monoisotopic (exact) mass is 283 g/mol. The molecule has 2 N–H and O–H groups in total. The van der Waals surface area contributed by atoms with Crippen LogP contribution in [-0.4, -0.2) is 29.7 Å². The van der Waals surface area contributed by atoms with Crippen molar-refractivity contribution in [1.29, 1.82) is 0 Å². The van der Waals surface area contributed by atoms with Gasteiger partial charge in [-0.2, -0.15) is 0 Å². The normalized spacial score (nSPS) is 18.9. The van der Waals surface area contributed by atoms with Crippen LogP contribution in [0, 0.1) is 0 Å². The van der Waals surface area contributed by atoms with Crippen molar-refractivity contribution in [2.45, 2.75) is 25.4 Å². The predicted molar refractivity (Wildman–Crippen MR) is 70.6 cm³/mol. The standard InChI is InChI=1S/C13H14ClNO4/c14-9-5-4-8(13(17)18)7-10(9)15-12(16)11-3-1-2-6-19-11/h4-5,7,11H,1-3,6H2,(H,15,16)(H,17,18). The van der Waals surface area contributed by atoms with Crippen LogP contribution in [-0.2, 0) is 9.53 Å². The number of halogens is 1. The lowest BCUT2D eigenvalue weighted by Gasteiger charge is -2.22. The summed E-state index contributed by atoms with van der Waals surface area (Å²) in [7, 11) is 0. The first-order valence-electron chi connectivity index (χ1n) is 6.03. The smallest absolute Gasteiger partial charge is 0.335 e. The molecule has 0 saturated carbocycles. The number of carbonyl (C=O) groups is 2. The van der Waals surface area contributed by atoms with Crippen LogP contribution in [0.3, 0.4) is 0 Å². The summed E-state index contributed by atoms with van der Waals surface area (Å²) in [6.07, 6.45) is 2.08. The van der Waals surface area contributed by atoms with E-state index in [1.807, 2.05) is 0 Å². The Morgan fingerprint density at radius 3 is 2.79 bits per heavy atom. The summed E-state index contributed by atoms with van der Waals surface area (Å²) in [5.74, 6) is -1.36. The Balaban J connectivity index is 2.11. The highest BCUT2D eigenvalue weighted by molar-refractivity contribution is 6.33. The molecule has 1 unspecified atom stereocenters. The van der Waals surface area contributed by atoms with Crippen LogP contribution in [0.4, 0.5) is 5.69 Å². The molecule has 0 bridgehead atoms. The van der Waals surface area contributed by atoms with Gasteiger partial charge in [0.15, 0.2) is 0 Å². The molecular weight excluding hydrogens is 270 g/mol. The summed E-state index contributed by atoms with van der Waals surface area (Å²) in [4.78, 5) is 22.8. The maximum Gasteiger partial charge on any atom is 0.335 e. The van der Waals surface area contributed by atoms with E-state index in [9.17, 15) is 9.59 Å². The minimum Gasteiger partial charge on any atom is -0.478 e. The zero-order chi connectivity index (χ0) is 13.8. The van der Waals surface area contributed by atoms with Gasteiger partial charge in [0.1, 0.15) is 6.10 Å². The molecule has 6 heteroatoms. The summed E-state index contributed by atoms with van der Waals surface area (Å²) in [5.41, 5.74) is 0.366. The lowest BCUT2D eigenvalue weighted by Crippen LogP contribution is -2.33. The van der Waals surface area contributed by atoms with E-state index in [-0.39, 0.29) is 11.5 Å². The summed E-state index contributed by atoms with van der Waals surface area (Å²) < 4.78 is 5.36. The van der Waals surface area contributed by atoms with E-state index >= 15 is 0 Å². The van der Waals surface area contributed by atoms with Gasteiger partial charge < -0.3 is 15.2 Å². The van der Waals surface area contributed by atoms with Crippen molar-refractivity contribution in [1.82, 2.24) is 0 Å². The average molecular weight is 284 g/mol. The molecule has 1 atom stereocenters. The average Bonchev–Trinajstić information content (AvgIpc) is 2.42. The minimum atomic E-state index is -1.07. The van der Waals surface area contributed by atoms with E-state index in [4.69, 9.17) is 21.4 Å². The van der Waals surface area contributed by atoms with E-state index in [0.717, 1.165) is 12.8 Å². The molecule has 1 aliphatic rings. The largest absolute Gasteiger partial charge is 0.478 e. The molecule has 5 nitrogen and oxygen atoms in total. The fourth-order valence-electron chi connectivity index (χ4n) is 1.91. The Kier molecular flexibility index (Phi) is 4.39. The summed E-state index contributed by atoms with van der Waals surface area (Å²) in [6, 6.07) is 4.17. The summed E-state index contributed by atoms with van der Waals surface area (Å²) >= 11 is 5.94. The molecule has 0 spiro atoms. The summed E-state index contributed by atoms with van der Waals surface area (Å²) in [5, 5.41) is 11.8. The number of carboxylic acid groups (broad SMARTS) is 1. The number of ether oxygens (including phenoxy) is 1. The highest BCUT2D eigenvalue weighted by Gasteiger charge is 2.22.